The molecule has 0 radical (unpaired) electrons. The zero-order valence-electron chi connectivity index (χ0n) is 15.6. The summed E-state index contributed by atoms with van der Waals surface area (Å²) in [7, 11) is 1.52. The third-order valence-electron chi connectivity index (χ3n) is 5.04. The Morgan fingerprint density at radius 3 is 2.63 bits per heavy atom. The van der Waals surface area contributed by atoms with E-state index in [0.717, 1.165) is 25.4 Å². The maximum absolute atomic E-state index is 14.3. The molecule has 0 saturated carbocycles. The maximum atomic E-state index is 14.3. The topological polar surface area (TPSA) is 69.3 Å². The highest BCUT2D eigenvalue weighted by molar-refractivity contribution is 5.29. The molecule has 1 atom stereocenters. The monoisotopic (exact) mass is 378 g/mol. The van der Waals surface area contributed by atoms with E-state index in [1.165, 1.54) is 13.2 Å². The van der Waals surface area contributed by atoms with Gasteiger partial charge < -0.3 is 19.4 Å². The molecule has 0 bridgehead atoms. The fourth-order valence-electron chi connectivity index (χ4n) is 3.55. The smallest absolute Gasteiger partial charge is 0.131 e. The average Bonchev–Trinajstić information content (AvgIpc) is 3.13. The van der Waals surface area contributed by atoms with Gasteiger partial charge >= 0.3 is 0 Å². The van der Waals surface area contributed by atoms with E-state index in [-0.39, 0.29) is 25.1 Å². The summed E-state index contributed by atoms with van der Waals surface area (Å²) in [5, 5.41) is 18.6. The molecule has 1 saturated heterocycles. The fourth-order valence-corrected chi connectivity index (χ4v) is 3.55. The van der Waals surface area contributed by atoms with Crippen molar-refractivity contribution in [3.8, 4) is 5.75 Å². The van der Waals surface area contributed by atoms with Crippen LogP contribution in [0, 0.1) is 5.82 Å². The molecule has 0 amide bonds. The average molecular weight is 378 g/mol. The minimum absolute atomic E-state index is 0.0928. The van der Waals surface area contributed by atoms with E-state index < -0.39 is 0 Å². The van der Waals surface area contributed by atoms with Gasteiger partial charge in [0.1, 0.15) is 29.7 Å². The van der Waals surface area contributed by atoms with Crippen molar-refractivity contribution in [2.45, 2.75) is 32.2 Å². The lowest BCUT2D eigenvalue weighted by molar-refractivity contribution is 0.0458. The summed E-state index contributed by atoms with van der Waals surface area (Å²) >= 11 is 0. The number of nitrogens with zero attached hydrogens (tertiary/aromatic N) is 2. The van der Waals surface area contributed by atoms with E-state index in [0.29, 0.717) is 36.6 Å². The molecule has 3 rings (SSSR count). The highest BCUT2D eigenvalue weighted by Crippen LogP contribution is 2.22. The summed E-state index contributed by atoms with van der Waals surface area (Å²) in [5.74, 6) is 1.61. The van der Waals surface area contributed by atoms with Gasteiger partial charge in [-0.05, 0) is 24.6 Å². The zero-order valence-corrected chi connectivity index (χ0v) is 15.6. The first-order valence-corrected chi connectivity index (χ1v) is 9.21. The summed E-state index contributed by atoms with van der Waals surface area (Å²) in [4.78, 5) is 4.49. The minimum Gasteiger partial charge on any atom is -0.497 e. The number of furan rings is 1. The van der Waals surface area contributed by atoms with Crippen LogP contribution < -0.4 is 4.74 Å². The van der Waals surface area contributed by atoms with Crippen LogP contribution in [0.5, 0.6) is 5.75 Å². The normalized spacial score (nSPS) is 18.7. The number of piperazine rings is 1. The number of hydrogen-bond donors (Lipinski definition) is 2. The fraction of sp³-hybridized carbons (Fsp3) is 0.500. The van der Waals surface area contributed by atoms with Crippen molar-refractivity contribution in [2.75, 3.05) is 33.4 Å². The molecule has 27 heavy (non-hydrogen) atoms. The SMILES string of the molecule is COc1ccc(CN2CCN(Cc3ccc(CO)o3)CC2CCO)c(F)c1. The van der Waals surface area contributed by atoms with Crippen molar-refractivity contribution in [3.63, 3.8) is 0 Å². The van der Waals surface area contributed by atoms with Crippen LogP contribution in [0.1, 0.15) is 23.5 Å². The zero-order chi connectivity index (χ0) is 19.2. The van der Waals surface area contributed by atoms with Crippen LogP contribution in [0.15, 0.2) is 34.7 Å². The van der Waals surface area contributed by atoms with Crippen molar-refractivity contribution < 1.29 is 23.8 Å². The Kier molecular flexibility index (Phi) is 6.84. The van der Waals surface area contributed by atoms with Gasteiger partial charge in [0.25, 0.3) is 0 Å². The van der Waals surface area contributed by atoms with Gasteiger partial charge in [0.15, 0.2) is 0 Å². The predicted octanol–water partition coefficient (Wildman–Crippen LogP) is 1.99. The molecule has 2 heterocycles. The van der Waals surface area contributed by atoms with E-state index in [1.807, 2.05) is 6.07 Å². The molecule has 1 fully saturated rings. The molecule has 6 nitrogen and oxygen atoms in total. The first-order valence-electron chi connectivity index (χ1n) is 9.21. The Morgan fingerprint density at radius 2 is 1.96 bits per heavy atom. The van der Waals surface area contributed by atoms with Gasteiger partial charge in [0.2, 0.25) is 0 Å². The minimum atomic E-state index is -0.272. The Hall–Kier alpha value is -1.93. The maximum Gasteiger partial charge on any atom is 0.131 e. The Morgan fingerprint density at radius 1 is 1.15 bits per heavy atom. The van der Waals surface area contributed by atoms with E-state index in [2.05, 4.69) is 9.80 Å². The number of halogens is 1. The van der Waals surface area contributed by atoms with Crippen LogP contribution >= 0.6 is 0 Å². The molecule has 7 heteroatoms. The number of benzene rings is 1. The molecule has 2 N–H and O–H groups in total. The van der Waals surface area contributed by atoms with Gasteiger partial charge in [-0.25, -0.2) is 4.39 Å². The summed E-state index contributed by atoms with van der Waals surface area (Å²) < 4.78 is 24.9. The van der Waals surface area contributed by atoms with Gasteiger partial charge in [-0.3, -0.25) is 9.80 Å². The van der Waals surface area contributed by atoms with E-state index >= 15 is 0 Å². The molecule has 1 aromatic carbocycles. The summed E-state index contributed by atoms with van der Waals surface area (Å²) in [5.41, 5.74) is 0.630. The van der Waals surface area contributed by atoms with Crippen LogP contribution in [0.3, 0.4) is 0 Å². The Balaban J connectivity index is 1.63. The van der Waals surface area contributed by atoms with Crippen molar-refractivity contribution >= 4 is 0 Å². The summed E-state index contributed by atoms with van der Waals surface area (Å²) in [6.45, 7) is 3.53. The molecule has 0 spiro atoms. The van der Waals surface area contributed by atoms with E-state index in [9.17, 15) is 9.50 Å². The van der Waals surface area contributed by atoms with Crippen LogP contribution in [0.4, 0.5) is 4.39 Å². The van der Waals surface area contributed by atoms with Crippen LogP contribution in [0.2, 0.25) is 0 Å². The molecular formula is C20H27FN2O4. The van der Waals surface area contributed by atoms with Crippen LogP contribution in [0.25, 0.3) is 0 Å². The third kappa shape index (κ3) is 5.07. The third-order valence-corrected chi connectivity index (χ3v) is 5.04. The summed E-state index contributed by atoms with van der Waals surface area (Å²) in [6.07, 6.45) is 0.633. The van der Waals surface area contributed by atoms with Crippen LogP contribution in [-0.4, -0.2) is 59.4 Å². The van der Waals surface area contributed by atoms with Gasteiger partial charge in [0.05, 0.1) is 13.7 Å². The van der Waals surface area contributed by atoms with Crippen LogP contribution in [-0.2, 0) is 19.7 Å². The highest BCUT2D eigenvalue weighted by Gasteiger charge is 2.27. The highest BCUT2D eigenvalue weighted by atomic mass is 19.1. The van der Waals surface area contributed by atoms with Gasteiger partial charge in [0, 0.05) is 50.5 Å². The van der Waals surface area contributed by atoms with Gasteiger partial charge in [-0.1, -0.05) is 6.07 Å². The number of hydrogen-bond acceptors (Lipinski definition) is 6. The number of methoxy groups -OCH3 is 1. The summed E-state index contributed by atoms with van der Waals surface area (Å²) in [6, 6.07) is 8.73. The Labute approximate surface area is 158 Å². The van der Waals surface area contributed by atoms with Crippen molar-refractivity contribution in [1.82, 2.24) is 9.80 Å². The number of aliphatic hydroxyl groups is 2. The number of ether oxygens (including phenoxy) is 1. The van der Waals surface area contributed by atoms with Gasteiger partial charge in [-0.15, -0.1) is 0 Å². The predicted molar refractivity (Wildman–Crippen MR) is 98.8 cm³/mol. The second kappa shape index (κ2) is 9.32. The first kappa shape index (κ1) is 19.8. The first-order chi connectivity index (χ1) is 13.1. The standard InChI is InChI=1S/C20H27FN2O4/c1-26-17-3-2-15(20(21)10-17)11-23-8-7-22(12-16(23)6-9-24)13-18-4-5-19(14-25)27-18/h2-5,10,16,24-25H,6-9,11-14H2,1H3. The van der Waals surface area contributed by atoms with Gasteiger partial charge in [-0.2, -0.15) is 0 Å². The molecule has 1 aliphatic heterocycles. The van der Waals surface area contributed by atoms with Crippen molar-refractivity contribution in [3.05, 3.63) is 53.2 Å². The molecule has 1 aromatic heterocycles. The van der Waals surface area contributed by atoms with E-state index in [4.69, 9.17) is 14.3 Å². The molecule has 1 unspecified atom stereocenters. The Bertz CT molecular complexity index is 737. The lowest BCUT2D eigenvalue weighted by Gasteiger charge is -2.41. The second-order valence-corrected chi connectivity index (χ2v) is 6.86. The largest absolute Gasteiger partial charge is 0.497 e. The molecular weight excluding hydrogens is 351 g/mol. The molecule has 2 aromatic rings. The number of aliphatic hydroxyl groups excluding tert-OH is 2. The molecule has 148 valence electrons. The lowest BCUT2D eigenvalue weighted by Crippen LogP contribution is -2.52. The second-order valence-electron chi connectivity index (χ2n) is 6.86. The lowest BCUT2D eigenvalue weighted by atomic mass is 10.1. The van der Waals surface area contributed by atoms with Crippen molar-refractivity contribution in [2.24, 2.45) is 0 Å². The van der Waals surface area contributed by atoms with Crippen molar-refractivity contribution in [1.29, 1.82) is 0 Å². The molecule has 0 aliphatic carbocycles. The quantitative estimate of drug-likeness (QED) is 0.732. The van der Waals surface area contributed by atoms with E-state index in [1.54, 1.807) is 18.2 Å². The number of rotatable bonds is 8. The molecule has 1 aliphatic rings.